The maximum Gasteiger partial charge on any atom is 0.203 e. The van der Waals surface area contributed by atoms with Crippen molar-refractivity contribution in [3.05, 3.63) is 46.7 Å². The molecule has 1 saturated carbocycles. The number of hydrogen-bond acceptors (Lipinski definition) is 4. The summed E-state index contributed by atoms with van der Waals surface area (Å²) in [4.78, 5) is 0. The van der Waals surface area contributed by atoms with Crippen LogP contribution in [0.3, 0.4) is 0 Å². The van der Waals surface area contributed by atoms with E-state index < -0.39 is 5.90 Å². The molecular formula is C18H24ClN4O2W-. The maximum absolute atomic E-state index is 8.84. The standard InChI is InChI=1S/C7H4ClNO.C6H12N.C5H8N2O.W/c8-7-3-6(10)2-1-5(7)4-9;7-6-4-2-1-3-5-6;1-4(6)2-3-5(7)8;/h1-3,10H;6-7H,1-5H2;2-3,6H,1H3,(H2,7,8);/q;-1;;/b;;3-2-,6-4?;. The molecule has 0 aliphatic heterocycles. The molecule has 0 spiro atoms. The van der Waals surface area contributed by atoms with Gasteiger partial charge in [0.25, 0.3) is 0 Å². The Hall–Kier alpha value is -1.67. The van der Waals surface area contributed by atoms with E-state index in [1.165, 1.54) is 43.5 Å². The smallest absolute Gasteiger partial charge is 0.203 e. The first kappa shape index (κ1) is 26.6. The number of hydrogen-bond donors (Lipinski definition) is 4. The van der Waals surface area contributed by atoms with Crippen LogP contribution in [0.2, 0.25) is 5.02 Å². The molecule has 1 aromatic rings. The number of phenols is 1. The number of nitriles is 1. The predicted molar refractivity (Wildman–Crippen MR) is 102 cm³/mol. The largest absolute Gasteiger partial charge is 0.675 e. The molecule has 0 atom stereocenters. The van der Waals surface area contributed by atoms with Crippen LogP contribution in [0.25, 0.3) is 5.73 Å². The Balaban J connectivity index is 0. The van der Waals surface area contributed by atoms with Gasteiger partial charge >= 0.3 is 0 Å². The zero-order valence-electron chi connectivity index (χ0n) is 14.6. The van der Waals surface area contributed by atoms with Gasteiger partial charge in [-0.25, -0.2) is 0 Å². The molecule has 1 aromatic carbocycles. The van der Waals surface area contributed by atoms with Crippen molar-refractivity contribution in [3.8, 4) is 11.8 Å². The number of allylic oxidation sites excluding steroid dienone is 1. The fourth-order valence-corrected chi connectivity index (χ4v) is 2.12. The Morgan fingerprint density at radius 2 is 1.85 bits per heavy atom. The van der Waals surface area contributed by atoms with E-state index in [0.717, 1.165) is 18.9 Å². The monoisotopic (exact) mass is 547 g/mol. The summed E-state index contributed by atoms with van der Waals surface area (Å²) in [5, 5.41) is 39.0. The van der Waals surface area contributed by atoms with E-state index in [9.17, 15) is 0 Å². The van der Waals surface area contributed by atoms with Crippen LogP contribution < -0.4 is 0 Å². The molecule has 1 aliphatic carbocycles. The van der Waals surface area contributed by atoms with Crippen LogP contribution in [-0.2, 0) is 21.1 Å². The Morgan fingerprint density at radius 1 is 1.27 bits per heavy atom. The molecule has 0 aromatic heterocycles. The minimum Gasteiger partial charge on any atom is -0.675 e. The molecule has 1 fully saturated rings. The molecule has 0 heterocycles. The number of rotatable bonds is 2. The van der Waals surface area contributed by atoms with E-state index in [1.54, 1.807) is 6.92 Å². The Kier molecular flexibility index (Phi) is 15.9. The van der Waals surface area contributed by atoms with Gasteiger partial charge in [0.1, 0.15) is 11.8 Å². The molecule has 0 radical (unpaired) electrons. The molecule has 26 heavy (non-hydrogen) atoms. The van der Waals surface area contributed by atoms with Crippen LogP contribution in [0.5, 0.6) is 5.75 Å². The van der Waals surface area contributed by atoms with Crippen molar-refractivity contribution in [2.75, 3.05) is 0 Å². The Morgan fingerprint density at radius 3 is 2.15 bits per heavy atom. The van der Waals surface area contributed by atoms with Crippen LogP contribution in [0.1, 0.15) is 44.6 Å². The van der Waals surface area contributed by atoms with E-state index in [4.69, 9.17) is 43.6 Å². The third kappa shape index (κ3) is 14.7. The van der Waals surface area contributed by atoms with E-state index in [2.05, 4.69) is 0 Å². The number of benzene rings is 1. The quantitative estimate of drug-likeness (QED) is 0.291. The van der Waals surface area contributed by atoms with Gasteiger partial charge in [-0.3, -0.25) is 5.41 Å². The molecule has 0 unspecified atom stereocenters. The SMILES string of the molecule is CC(=N)/C=C\C(=N)O.N#Cc1ccc(O)cc1Cl.[NH-]C1CCCCC1.[W]. The topological polar surface area (TPSA) is 136 Å². The van der Waals surface area contributed by atoms with E-state index >= 15 is 0 Å². The zero-order chi connectivity index (χ0) is 19.2. The summed E-state index contributed by atoms with van der Waals surface area (Å²) in [5.74, 6) is -0.444. The van der Waals surface area contributed by atoms with Crippen LogP contribution in [0.4, 0.5) is 0 Å². The number of aliphatic hydroxyl groups excluding tert-OH is 1. The summed E-state index contributed by atoms with van der Waals surface area (Å²) in [6, 6.07) is 6.39. The average molecular weight is 548 g/mol. The van der Waals surface area contributed by atoms with Gasteiger partial charge in [-0.05, 0) is 31.2 Å². The van der Waals surface area contributed by atoms with Gasteiger partial charge in [-0.1, -0.05) is 43.7 Å². The minimum atomic E-state index is -0.517. The number of nitrogens with one attached hydrogen (secondary N) is 3. The van der Waals surface area contributed by atoms with Crippen molar-refractivity contribution in [1.82, 2.24) is 0 Å². The van der Waals surface area contributed by atoms with Gasteiger partial charge in [0.15, 0.2) is 0 Å². The van der Waals surface area contributed by atoms with Crippen molar-refractivity contribution in [3.63, 3.8) is 0 Å². The first-order valence-corrected chi connectivity index (χ1v) is 8.24. The Labute approximate surface area is 174 Å². The number of aliphatic hydroxyl groups is 1. The number of halogens is 1. The van der Waals surface area contributed by atoms with Gasteiger partial charge in [0.2, 0.25) is 5.90 Å². The summed E-state index contributed by atoms with van der Waals surface area (Å²) < 4.78 is 0. The molecule has 2 rings (SSSR count). The van der Waals surface area contributed by atoms with Crippen molar-refractivity contribution >= 4 is 23.2 Å². The normalized spacial score (nSPS) is 13.2. The fraction of sp³-hybridized carbons (Fsp3) is 0.389. The fourth-order valence-electron chi connectivity index (χ4n) is 1.90. The van der Waals surface area contributed by atoms with Gasteiger partial charge in [0, 0.05) is 32.9 Å². The molecule has 0 saturated heterocycles. The summed E-state index contributed by atoms with van der Waals surface area (Å²) in [6.07, 6.45) is 8.78. The van der Waals surface area contributed by atoms with Crippen LogP contribution in [0, 0.1) is 22.1 Å². The van der Waals surface area contributed by atoms with Crippen molar-refractivity contribution in [1.29, 1.82) is 16.1 Å². The first-order chi connectivity index (χ1) is 11.8. The number of phenolic OH excluding ortho intramolecular Hbond substituents is 1. The second-order valence-electron chi connectivity index (χ2n) is 5.51. The first-order valence-electron chi connectivity index (χ1n) is 7.86. The maximum atomic E-state index is 8.84. The van der Waals surface area contributed by atoms with E-state index in [0.29, 0.717) is 11.3 Å². The molecule has 1 aliphatic rings. The van der Waals surface area contributed by atoms with Gasteiger partial charge in [0.05, 0.1) is 10.6 Å². The van der Waals surface area contributed by atoms with Gasteiger partial charge < -0.3 is 21.4 Å². The third-order valence-electron chi connectivity index (χ3n) is 3.17. The summed E-state index contributed by atoms with van der Waals surface area (Å²) in [6.45, 7) is 1.57. The number of nitrogens with zero attached hydrogens (tertiary/aromatic N) is 1. The molecule has 8 heteroatoms. The molecule has 6 nitrogen and oxygen atoms in total. The van der Waals surface area contributed by atoms with Crippen molar-refractivity contribution in [2.24, 2.45) is 0 Å². The third-order valence-corrected chi connectivity index (χ3v) is 3.48. The molecule has 142 valence electrons. The average Bonchev–Trinajstić information content (AvgIpc) is 2.55. The summed E-state index contributed by atoms with van der Waals surface area (Å²) >= 11 is 5.55. The van der Waals surface area contributed by atoms with Crippen LogP contribution >= 0.6 is 11.6 Å². The van der Waals surface area contributed by atoms with Gasteiger partial charge in [-0.15, -0.1) is 6.04 Å². The summed E-state index contributed by atoms with van der Waals surface area (Å²) in [5.41, 5.74) is 7.97. The molecule has 0 bridgehead atoms. The minimum absolute atomic E-state index is 0. The van der Waals surface area contributed by atoms with Gasteiger partial charge in [-0.2, -0.15) is 5.26 Å². The molecule has 0 amide bonds. The van der Waals surface area contributed by atoms with Crippen molar-refractivity contribution in [2.45, 2.75) is 45.1 Å². The zero-order valence-corrected chi connectivity index (χ0v) is 18.3. The second-order valence-corrected chi connectivity index (χ2v) is 5.92. The second kappa shape index (κ2) is 15.6. The molecular weight excluding hydrogens is 524 g/mol. The number of aromatic hydroxyl groups is 1. The molecule has 5 N–H and O–H groups in total. The predicted octanol–water partition coefficient (Wildman–Crippen LogP) is 5.40. The van der Waals surface area contributed by atoms with Crippen molar-refractivity contribution < 1.29 is 31.3 Å². The van der Waals surface area contributed by atoms with E-state index in [1.807, 2.05) is 6.07 Å². The van der Waals surface area contributed by atoms with Crippen LogP contribution in [-0.4, -0.2) is 27.9 Å². The van der Waals surface area contributed by atoms with Crippen LogP contribution in [0.15, 0.2) is 30.4 Å². The Bertz CT molecular complexity index is 623. The van der Waals surface area contributed by atoms with E-state index in [-0.39, 0.29) is 37.9 Å². The summed E-state index contributed by atoms with van der Waals surface area (Å²) in [7, 11) is 0.